The molecule has 2 bridgehead atoms. The lowest BCUT2D eigenvalue weighted by Crippen LogP contribution is -2.47. The molecule has 8 nitrogen and oxygen atoms in total. The van der Waals surface area contributed by atoms with E-state index < -0.39 is 16.6 Å². The summed E-state index contributed by atoms with van der Waals surface area (Å²) in [5.41, 5.74) is 1.26. The second-order valence-electron chi connectivity index (χ2n) is 8.50. The number of hydrogen-bond acceptors (Lipinski definition) is 5. The normalized spacial score (nSPS) is 19.0. The Labute approximate surface area is 188 Å². The van der Waals surface area contributed by atoms with E-state index in [-0.39, 0.29) is 34.3 Å². The van der Waals surface area contributed by atoms with Crippen LogP contribution in [0.5, 0.6) is 0 Å². The largest absolute Gasteiger partial charge is 0.365 e. The van der Waals surface area contributed by atoms with Gasteiger partial charge in [-0.15, -0.1) is 0 Å². The van der Waals surface area contributed by atoms with Crippen LogP contribution in [-0.2, 0) is 6.54 Å². The maximum absolute atomic E-state index is 13.9. The summed E-state index contributed by atoms with van der Waals surface area (Å²) in [5.74, 6) is -0.926. The van der Waals surface area contributed by atoms with Crippen molar-refractivity contribution in [1.29, 1.82) is 0 Å². The highest BCUT2D eigenvalue weighted by molar-refractivity contribution is 6.05. The van der Waals surface area contributed by atoms with Gasteiger partial charge in [-0.1, -0.05) is 18.2 Å². The highest BCUT2D eigenvalue weighted by atomic mass is 19.1. The third kappa shape index (κ3) is 3.86. The number of anilines is 2. The molecule has 5 rings (SSSR count). The minimum atomic E-state index is -0.626. The monoisotopic (exact) mass is 448 g/mol. The van der Waals surface area contributed by atoms with Crippen molar-refractivity contribution in [1.82, 2.24) is 4.57 Å². The summed E-state index contributed by atoms with van der Waals surface area (Å²) in [6, 6.07) is 15.3. The van der Waals surface area contributed by atoms with E-state index in [0.29, 0.717) is 25.3 Å². The highest BCUT2D eigenvalue weighted by Crippen LogP contribution is 2.39. The zero-order chi connectivity index (χ0) is 23.1. The van der Waals surface area contributed by atoms with Crippen molar-refractivity contribution in [3.63, 3.8) is 0 Å². The van der Waals surface area contributed by atoms with Crippen LogP contribution in [0.15, 0.2) is 65.5 Å². The van der Waals surface area contributed by atoms with Gasteiger partial charge < -0.3 is 14.8 Å². The molecule has 2 aromatic carbocycles. The van der Waals surface area contributed by atoms with Gasteiger partial charge in [0, 0.05) is 48.9 Å². The number of amides is 1. The number of pyridine rings is 1. The molecular weight excluding hydrogens is 427 g/mol. The van der Waals surface area contributed by atoms with Gasteiger partial charge in [-0.3, -0.25) is 19.7 Å². The first kappa shape index (κ1) is 20.9. The summed E-state index contributed by atoms with van der Waals surface area (Å²) < 4.78 is 15.7. The molecule has 2 aliphatic rings. The van der Waals surface area contributed by atoms with E-state index in [9.17, 15) is 24.1 Å². The molecule has 2 aliphatic heterocycles. The lowest BCUT2D eigenvalue weighted by Gasteiger charge is -2.43. The summed E-state index contributed by atoms with van der Waals surface area (Å²) in [5, 5.41) is 14.3. The van der Waals surface area contributed by atoms with Crippen LogP contribution in [0.4, 0.5) is 21.5 Å². The Morgan fingerprint density at radius 1 is 1.06 bits per heavy atom. The van der Waals surface area contributed by atoms with E-state index in [2.05, 4.69) is 5.32 Å². The molecule has 9 heteroatoms. The van der Waals surface area contributed by atoms with E-state index in [1.54, 1.807) is 28.8 Å². The Bertz CT molecular complexity index is 1320. The number of nitro benzene ring substituents is 1. The summed E-state index contributed by atoms with van der Waals surface area (Å²) in [7, 11) is 0. The fourth-order valence-electron chi connectivity index (χ4n) is 4.93. The highest BCUT2D eigenvalue weighted by Gasteiger charge is 2.36. The number of halogens is 1. The summed E-state index contributed by atoms with van der Waals surface area (Å²) >= 11 is 0. The van der Waals surface area contributed by atoms with Crippen molar-refractivity contribution in [2.45, 2.75) is 18.9 Å². The van der Waals surface area contributed by atoms with Gasteiger partial charge in [-0.25, -0.2) is 4.39 Å². The summed E-state index contributed by atoms with van der Waals surface area (Å²) in [4.78, 5) is 38.2. The van der Waals surface area contributed by atoms with Gasteiger partial charge >= 0.3 is 0 Å². The predicted octanol–water partition coefficient (Wildman–Crippen LogP) is 3.77. The van der Waals surface area contributed by atoms with Gasteiger partial charge in [-0.05, 0) is 42.7 Å². The number of piperidine rings is 1. The predicted molar refractivity (Wildman–Crippen MR) is 121 cm³/mol. The standard InChI is InChI=1S/C24H21FN4O4/c25-18-4-1-2-5-19(18)26-24(31)16-8-9-21(22(11-16)29(32)33)27-12-15-10-17(14-27)20-6-3-7-23(30)28(20)13-15/h1-9,11,15,17H,10,12-14H2,(H,26,31)/t15-,17+/m1/s1. The van der Waals surface area contributed by atoms with Gasteiger partial charge in [0.15, 0.2) is 0 Å². The molecule has 1 saturated heterocycles. The molecule has 1 fully saturated rings. The molecule has 0 spiro atoms. The molecule has 33 heavy (non-hydrogen) atoms. The summed E-state index contributed by atoms with van der Waals surface area (Å²) in [6.07, 6.45) is 0.927. The Morgan fingerprint density at radius 3 is 2.67 bits per heavy atom. The Balaban J connectivity index is 1.43. The average Bonchev–Trinajstić information content (AvgIpc) is 2.80. The zero-order valence-electron chi connectivity index (χ0n) is 17.6. The molecule has 3 aromatic rings. The van der Waals surface area contributed by atoms with Crippen molar-refractivity contribution in [2.24, 2.45) is 5.92 Å². The smallest absolute Gasteiger partial charge is 0.293 e. The van der Waals surface area contributed by atoms with Crippen LogP contribution in [0.25, 0.3) is 0 Å². The van der Waals surface area contributed by atoms with Crippen LogP contribution in [0.2, 0.25) is 0 Å². The number of benzene rings is 2. The maximum atomic E-state index is 13.9. The first-order valence-corrected chi connectivity index (χ1v) is 10.7. The van der Waals surface area contributed by atoms with Gasteiger partial charge in [0.1, 0.15) is 11.5 Å². The molecule has 0 radical (unpaired) electrons. The van der Waals surface area contributed by atoms with Crippen molar-refractivity contribution >= 4 is 23.0 Å². The fraction of sp³-hybridized carbons (Fsp3) is 0.250. The van der Waals surface area contributed by atoms with Gasteiger partial charge in [0.25, 0.3) is 17.2 Å². The van der Waals surface area contributed by atoms with Crippen LogP contribution in [-0.4, -0.2) is 28.5 Å². The van der Waals surface area contributed by atoms with E-state index in [0.717, 1.165) is 12.1 Å². The topological polar surface area (TPSA) is 97.5 Å². The zero-order valence-corrected chi connectivity index (χ0v) is 17.6. The number of carbonyl (C=O) groups is 1. The molecule has 1 N–H and O–H groups in total. The van der Waals surface area contributed by atoms with Crippen molar-refractivity contribution in [2.75, 3.05) is 23.3 Å². The second kappa shape index (κ2) is 8.16. The maximum Gasteiger partial charge on any atom is 0.293 e. The number of aromatic nitrogens is 1. The van der Waals surface area contributed by atoms with Crippen LogP contribution in [0.1, 0.15) is 28.4 Å². The van der Waals surface area contributed by atoms with Crippen LogP contribution < -0.4 is 15.8 Å². The number of fused-ring (bicyclic) bond motifs is 4. The minimum Gasteiger partial charge on any atom is -0.365 e. The molecule has 1 aromatic heterocycles. The third-order valence-electron chi connectivity index (χ3n) is 6.38. The van der Waals surface area contributed by atoms with Gasteiger partial charge in [0.2, 0.25) is 0 Å². The number of nitrogens with zero attached hydrogens (tertiary/aromatic N) is 3. The van der Waals surface area contributed by atoms with Crippen molar-refractivity contribution < 1.29 is 14.1 Å². The SMILES string of the molecule is O=C(Nc1ccccc1F)c1ccc(N2C[C@H]3C[C@@H](C2)c2cccc(=O)n2C3)c([N+](=O)[O-])c1. The molecule has 168 valence electrons. The van der Waals surface area contributed by atoms with E-state index in [4.69, 9.17) is 0 Å². The molecule has 0 saturated carbocycles. The second-order valence-corrected chi connectivity index (χ2v) is 8.50. The fourth-order valence-corrected chi connectivity index (χ4v) is 4.93. The van der Waals surface area contributed by atoms with Crippen LogP contribution in [0.3, 0.4) is 0 Å². The number of carbonyl (C=O) groups excluding carboxylic acids is 1. The molecule has 3 heterocycles. The number of nitro groups is 1. The molecule has 2 atom stereocenters. The van der Waals surface area contributed by atoms with Crippen LogP contribution >= 0.6 is 0 Å². The van der Waals surface area contributed by atoms with Gasteiger partial charge in [0.05, 0.1) is 10.6 Å². The number of rotatable bonds is 4. The minimum absolute atomic E-state index is 0.00648. The number of nitrogens with one attached hydrogen (secondary N) is 1. The molecule has 1 amide bonds. The van der Waals surface area contributed by atoms with Crippen LogP contribution in [0, 0.1) is 21.8 Å². The van der Waals surface area contributed by atoms with E-state index in [1.807, 2.05) is 11.0 Å². The Kier molecular flexibility index (Phi) is 5.16. The Hall–Kier alpha value is -4.01. The first-order valence-electron chi connectivity index (χ1n) is 10.7. The number of para-hydroxylation sites is 1. The lowest BCUT2D eigenvalue weighted by molar-refractivity contribution is -0.384. The molecular formula is C24H21FN4O4. The lowest BCUT2D eigenvalue weighted by atomic mass is 9.83. The van der Waals surface area contributed by atoms with Gasteiger partial charge in [-0.2, -0.15) is 0 Å². The number of hydrogen-bond donors (Lipinski definition) is 1. The van der Waals surface area contributed by atoms with Crippen molar-refractivity contribution in [3.8, 4) is 0 Å². The van der Waals surface area contributed by atoms with Crippen molar-refractivity contribution in [3.05, 3.63) is 98.2 Å². The first-order chi connectivity index (χ1) is 15.9. The molecule has 0 unspecified atom stereocenters. The summed E-state index contributed by atoms with van der Waals surface area (Å²) in [6.45, 7) is 1.71. The third-order valence-corrected chi connectivity index (χ3v) is 6.38. The molecule has 0 aliphatic carbocycles. The van der Waals surface area contributed by atoms with E-state index >= 15 is 0 Å². The quantitative estimate of drug-likeness (QED) is 0.484. The Morgan fingerprint density at radius 2 is 1.88 bits per heavy atom. The average molecular weight is 448 g/mol. The van der Waals surface area contributed by atoms with E-state index in [1.165, 1.54) is 30.3 Å².